The van der Waals surface area contributed by atoms with Gasteiger partial charge in [0.05, 0.1) is 11.6 Å². The monoisotopic (exact) mass is 245 g/mol. The van der Waals surface area contributed by atoms with Crippen LogP contribution in [0.15, 0.2) is 29.4 Å². The molecule has 96 valence electrons. The van der Waals surface area contributed by atoms with Gasteiger partial charge in [-0.05, 0) is 18.4 Å². The van der Waals surface area contributed by atoms with Gasteiger partial charge in [0, 0.05) is 12.0 Å². The van der Waals surface area contributed by atoms with Gasteiger partial charge in [-0.3, -0.25) is 0 Å². The number of oxime groups is 1. The summed E-state index contributed by atoms with van der Waals surface area (Å²) in [7, 11) is 0. The average molecular weight is 245 g/mol. The summed E-state index contributed by atoms with van der Waals surface area (Å²) in [6.07, 6.45) is 1.73. The highest BCUT2D eigenvalue weighted by atomic mass is 16.6. The molecule has 0 heterocycles. The van der Waals surface area contributed by atoms with Crippen molar-refractivity contribution in [1.82, 2.24) is 0 Å². The molecule has 18 heavy (non-hydrogen) atoms. The second-order valence-corrected chi connectivity index (χ2v) is 4.56. The van der Waals surface area contributed by atoms with Gasteiger partial charge in [-0.25, -0.2) is 0 Å². The normalized spacial score (nSPS) is 11.3. The van der Waals surface area contributed by atoms with E-state index >= 15 is 0 Å². The van der Waals surface area contributed by atoms with E-state index in [2.05, 4.69) is 25.1 Å². The Labute approximate surface area is 108 Å². The van der Waals surface area contributed by atoms with E-state index in [1.807, 2.05) is 18.2 Å². The summed E-state index contributed by atoms with van der Waals surface area (Å²) in [5, 5.41) is 12.8. The zero-order valence-electron chi connectivity index (χ0n) is 10.9. The lowest BCUT2D eigenvalue weighted by Crippen LogP contribution is -2.13. The van der Waals surface area contributed by atoms with Gasteiger partial charge in [-0.1, -0.05) is 37.2 Å². The summed E-state index contributed by atoms with van der Waals surface area (Å²) in [6.45, 7) is 4.54. The Kier molecular flexibility index (Phi) is 5.72. The molecule has 0 unspecified atom stereocenters. The lowest BCUT2D eigenvalue weighted by atomic mass is 10.1. The first-order valence-electron chi connectivity index (χ1n) is 6.05. The summed E-state index contributed by atoms with van der Waals surface area (Å²) in [4.78, 5) is 5.17. The molecule has 0 aromatic heterocycles. The van der Waals surface area contributed by atoms with E-state index in [1.165, 1.54) is 0 Å². The molecule has 0 aliphatic carbocycles. The van der Waals surface area contributed by atoms with Crippen molar-refractivity contribution in [3.63, 3.8) is 0 Å². The van der Waals surface area contributed by atoms with Crippen LogP contribution in [0.25, 0.3) is 0 Å². The molecule has 0 aliphatic heterocycles. The molecular weight excluding hydrogens is 226 g/mol. The first-order chi connectivity index (χ1) is 8.63. The van der Waals surface area contributed by atoms with E-state index in [0.29, 0.717) is 17.3 Å². The number of hydrogen-bond acceptors (Lipinski definition) is 3. The Morgan fingerprint density at radius 2 is 2.17 bits per heavy atom. The summed E-state index contributed by atoms with van der Waals surface area (Å²) in [5.41, 5.74) is 7.14. The minimum Gasteiger partial charge on any atom is -0.389 e. The highest BCUT2D eigenvalue weighted by molar-refractivity contribution is 5.79. The van der Waals surface area contributed by atoms with Crippen molar-refractivity contribution in [2.75, 3.05) is 0 Å². The molecule has 1 aromatic rings. The smallest absolute Gasteiger partial charge is 0.143 e. The van der Waals surface area contributed by atoms with Gasteiger partial charge in [0.15, 0.2) is 0 Å². The predicted molar refractivity (Wildman–Crippen MR) is 71.6 cm³/mol. The Bertz CT molecular complexity index is 447. The summed E-state index contributed by atoms with van der Waals surface area (Å²) in [6, 6.07) is 9.40. The third kappa shape index (κ3) is 4.88. The van der Waals surface area contributed by atoms with Crippen molar-refractivity contribution in [3.8, 4) is 6.07 Å². The third-order valence-electron chi connectivity index (χ3n) is 2.52. The van der Waals surface area contributed by atoms with Crippen LogP contribution in [0.2, 0.25) is 0 Å². The molecule has 0 atom stereocenters. The van der Waals surface area contributed by atoms with Crippen LogP contribution < -0.4 is 5.73 Å². The van der Waals surface area contributed by atoms with Crippen LogP contribution in [0.1, 0.15) is 37.8 Å². The number of hydrogen-bond donors (Lipinski definition) is 1. The van der Waals surface area contributed by atoms with Crippen molar-refractivity contribution >= 4 is 5.84 Å². The first kappa shape index (κ1) is 14.0. The Morgan fingerprint density at radius 1 is 1.44 bits per heavy atom. The van der Waals surface area contributed by atoms with Gasteiger partial charge in [0.2, 0.25) is 0 Å². The second kappa shape index (κ2) is 7.33. The van der Waals surface area contributed by atoms with E-state index < -0.39 is 0 Å². The largest absolute Gasteiger partial charge is 0.389 e. The van der Waals surface area contributed by atoms with E-state index in [9.17, 15) is 0 Å². The molecule has 0 fully saturated rings. The number of nitrogens with zero attached hydrogens (tertiary/aromatic N) is 2. The van der Waals surface area contributed by atoms with Crippen LogP contribution in [-0.2, 0) is 11.4 Å². The number of nitrogens with two attached hydrogens (primary N) is 1. The number of rotatable bonds is 6. The van der Waals surface area contributed by atoms with E-state index in [-0.39, 0.29) is 6.61 Å². The molecule has 0 amide bonds. The minimum absolute atomic E-state index is 0.270. The highest BCUT2D eigenvalue weighted by Gasteiger charge is 2.01. The average Bonchev–Trinajstić information content (AvgIpc) is 2.37. The standard InChI is InChI=1S/C14H19N3O/c1-11(2)7-8-14(16)17-18-10-13-6-4-3-5-12(13)9-15/h3-6,11H,7-8,10H2,1-2H3,(H2,16,17). The Hall–Kier alpha value is -2.02. The van der Waals surface area contributed by atoms with Crippen molar-refractivity contribution in [1.29, 1.82) is 5.26 Å². The molecule has 1 aromatic carbocycles. The lowest BCUT2D eigenvalue weighted by molar-refractivity contribution is 0.129. The number of amidine groups is 1. The maximum absolute atomic E-state index is 8.91. The van der Waals surface area contributed by atoms with Gasteiger partial charge in [0.1, 0.15) is 12.4 Å². The molecule has 1 rings (SSSR count). The molecular formula is C14H19N3O. The molecule has 0 aliphatic rings. The number of benzene rings is 1. The lowest BCUT2D eigenvalue weighted by Gasteiger charge is -2.05. The van der Waals surface area contributed by atoms with Crippen LogP contribution in [0, 0.1) is 17.2 Å². The summed E-state index contributed by atoms with van der Waals surface area (Å²) >= 11 is 0. The number of nitriles is 1. The molecule has 2 N–H and O–H groups in total. The van der Waals surface area contributed by atoms with Crippen LogP contribution in [0.3, 0.4) is 0 Å². The maximum Gasteiger partial charge on any atom is 0.143 e. The van der Waals surface area contributed by atoms with Gasteiger partial charge in [-0.2, -0.15) is 5.26 Å². The first-order valence-corrected chi connectivity index (χ1v) is 6.05. The van der Waals surface area contributed by atoms with Crippen LogP contribution in [-0.4, -0.2) is 5.84 Å². The highest BCUT2D eigenvalue weighted by Crippen LogP contribution is 2.09. The van der Waals surface area contributed by atoms with Crippen molar-refractivity contribution in [2.45, 2.75) is 33.3 Å². The van der Waals surface area contributed by atoms with E-state index in [4.69, 9.17) is 15.8 Å². The van der Waals surface area contributed by atoms with Crippen LogP contribution in [0.4, 0.5) is 0 Å². The molecule has 0 saturated heterocycles. The van der Waals surface area contributed by atoms with E-state index in [0.717, 1.165) is 18.4 Å². The fourth-order valence-corrected chi connectivity index (χ4v) is 1.42. The molecule has 0 radical (unpaired) electrons. The molecule has 0 saturated carbocycles. The van der Waals surface area contributed by atoms with Crippen molar-refractivity contribution < 1.29 is 4.84 Å². The van der Waals surface area contributed by atoms with E-state index in [1.54, 1.807) is 6.07 Å². The molecule has 0 bridgehead atoms. The van der Waals surface area contributed by atoms with Gasteiger partial charge in [-0.15, -0.1) is 0 Å². The quantitative estimate of drug-likeness (QED) is 0.476. The van der Waals surface area contributed by atoms with Crippen LogP contribution >= 0.6 is 0 Å². The zero-order chi connectivity index (χ0) is 13.4. The minimum atomic E-state index is 0.270. The predicted octanol–water partition coefficient (Wildman–Crippen LogP) is 2.78. The van der Waals surface area contributed by atoms with Crippen LogP contribution in [0.5, 0.6) is 0 Å². The topological polar surface area (TPSA) is 71.4 Å². The maximum atomic E-state index is 8.91. The fourth-order valence-electron chi connectivity index (χ4n) is 1.42. The van der Waals surface area contributed by atoms with Gasteiger partial charge in [0.25, 0.3) is 0 Å². The zero-order valence-corrected chi connectivity index (χ0v) is 10.9. The fraction of sp³-hybridized carbons (Fsp3) is 0.429. The summed E-state index contributed by atoms with van der Waals surface area (Å²) in [5.74, 6) is 1.09. The Balaban J connectivity index is 2.46. The second-order valence-electron chi connectivity index (χ2n) is 4.56. The van der Waals surface area contributed by atoms with Crippen molar-refractivity contribution in [3.05, 3.63) is 35.4 Å². The molecule has 4 nitrogen and oxygen atoms in total. The molecule has 0 spiro atoms. The van der Waals surface area contributed by atoms with Crippen molar-refractivity contribution in [2.24, 2.45) is 16.8 Å². The Morgan fingerprint density at radius 3 is 2.83 bits per heavy atom. The summed E-state index contributed by atoms with van der Waals surface area (Å²) < 4.78 is 0. The van der Waals surface area contributed by atoms with Gasteiger partial charge >= 0.3 is 0 Å². The molecule has 4 heteroatoms. The SMILES string of the molecule is CC(C)CC/C(N)=N/OCc1ccccc1C#N. The van der Waals surface area contributed by atoms with Gasteiger partial charge < -0.3 is 10.6 Å². The third-order valence-corrected chi connectivity index (χ3v) is 2.52.